The highest BCUT2D eigenvalue weighted by atomic mass is 32.1. The first-order valence-corrected chi connectivity index (χ1v) is 7.24. The average molecular weight is 281 g/mol. The van der Waals surface area contributed by atoms with Gasteiger partial charge >= 0.3 is 0 Å². The van der Waals surface area contributed by atoms with Gasteiger partial charge in [0.05, 0.1) is 16.4 Å². The van der Waals surface area contributed by atoms with Crippen LogP contribution >= 0.6 is 11.3 Å². The van der Waals surface area contributed by atoms with E-state index in [1.54, 1.807) is 17.6 Å². The molecule has 0 atom stereocenters. The zero-order valence-electron chi connectivity index (χ0n) is 11.4. The van der Waals surface area contributed by atoms with E-state index in [4.69, 9.17) is 0 Å². The Hall–Kier alpha value is -2.20. The molecule has 0 unspecified atom stereocenters. The van der Waals surface area contributed by atoms with Gasteiger partial charge in [0.25, 0.3) is 0 Å². The summed E-state index contributed by atoms with van der Waals surface area (Å²) in [5.41, 5.74) is 3.49. The van der Waals surface area contributed by atoms with Gasteiger partial charge in [0, 0.05) is 7.05 Å². The van der Waals surface area contributed by atoms with Gasteiger partial charge in [0.1, 0.15) is 0 Å². The Bertz CT molecular complexity index is 823. The van der Waals surface area contributed by atoms with Crippen molar-refractivity contribution in [3.63, 3.8) is 0 Å². The summed E-state index contributed by atoms with van der Waals surface area (Å²) >= 11 is 1.64. The lowest BCUT2D eigenvalue weighted by molar-refractivity contribution is 0.889. The topological polar surface area (TPSA) is 29.6 Å². The normalized spacial score (nSPS) is 12.6. The minimum atomic E-state index is 0.898. The van der Waals surface area contributed by atoms with Crippen LogP contribution in [0.25, 0.3) is 10.2 Å². The number of hydrogen-bond acceptors (Lipinski definition) is 3. The third-order valence-electron chi connectivity index (χ3n) is 3.14. The second kappa shape index (κ2) is 5.43. The lowest BCUT2D eigenvalue weighted by atomic mass is 10.2. The van der Waals surface area contributed by atoms with Gasteiger partial charge in [-0.3, -0.25) is 0 Å². The highest BCUT2D eigenvalue weighted by Crippen LogP contribution is 2.15. The molecule has 100 valence electrons. The fourth-order valence-electron chi connectivity index (χ4n) is 1.98. The van der Waals surface area contributed by atoms with Gasteiger partial charge in [0.15, 0.2) is 0 Å². The highest BCUT2D eigenvalue weighted by molar-refractivity contribution is 7.16. The maximum absolute atomic E-state index is 4.31. The molecule has 0 aliphatic heterocycles. The minimum absolute atomic E-state index is 0.898. The molecule has 0 aliphatic rings. The van der Waals surface area contributed by atoms with Gasteiger partial charge in [-0.1, -0.05) is 53.3 Å². The van der Waals surface area contributed by atoms with Crippen molar-refractivity contribution in [3.05, 3.63) is 64.5 Å². The Kier molecular flexibility index (Phi) is 3.48. The molecular formula is C16H15N3S. The van der Waals surface area contributed by atoms with E-state index in [0.29, 0.717) is 0 Å². The quantitative estimate of drug-likeness (QED) is 0.508. The van der Waals surface area contributed by atoms with Crippen LogP contribution in [0.1, 0.15) is 11.1 Å². The Morgan fingerprint density at radius 1 is 1.05 bits per heavy atom. The first-order chi connectivity index (χ1) is 9.74. The van der Waals surface area contributed by atoms with E-state index < -0.39 is 0 Å². The number of aromatic nitrogens is 1. The van der Waals surface area contributed by atoms with E-state index in [-0.39, 0.29) is 0 Å². The summed E-state index contributed by atoms with van der Waals surface area (Å²) in [6.45, 7) is 2.07. The van der Waals surface area contributed by atoms with Crippen molar-refractivity contribution in [2.45, 2.75) is 6.92 Å². The lowest BCUT2D eigenvalue weighted by Gasteiger charge is -1.93. The summed E-state index contributed by atoms with van der Waals surface area (Å²) in [6, 6.07) is 16.5. The lowest BCUT2D eigenvalue weighted by Crippen LogP contribution is -2.08. The molecular weight excluding hydrogens is 266 g/mol. The summed E-state index contributed by atoms with van der Waals surface area (Å²) in [6.07, 6.45) is 1.78. The van der Waals surface area contributed by atoms with Crippen LogP contribution in [-0.2, 0) is 7.05 Å². The number of fused-ring (bicyclic) bond motifs is 1. The standard InChI is InChI=1S/C16H15N3S/c1-12-7-9-13(10-8-12)11-17-18-16-19(2)14-5-3-4-6-15(14)20-16/h3-11H,1-2H3/b17-11+,18-16+. The first-order valence-electron chi connectivity index (χ1n) is 6.42. The summed E-state index contributed by atoms with van der Waals surface area (Å²) in [4.78, 5) is 0.898. The van der Waals surface area contributed by atoms with Crippen molar-refractivity contribution < 1.29 is 0 Å². The minimum Gasteiger partial charge on any atom is -0.318 e. The van der Waals surface area contributed by atoms with Crippen molar-refractivity contribution in [3.8, 4) is 0 Å². The van der Waals surface area contributed by atoms with E-state index in [1.807, 2.05) is 31.3 Å². The van der Waals surface area contributed by atoms with E-state index in [2.05, 4.69) is 46.0 Å². The number of aryl methyl sites for hydroxylation is 2. The molecule has 0 amide bonds. The van der Waals surface area contributed by atoms with Gasteiger partial charge in [-0.25, -0.2) is 0 Å². The predicted octanol–water partition coefficient (Wildman–Crippen LogP) is 3.48. The number of thiazole rings is 1. The van der Waals surface area contributed by atoms with Crippen LogP contribution in [0.2, 0.25) is 0 Å². The SMILES string of the molecule is Cc1ccc(/C=N/N=c2/sc3ccccc3n2C)cc1. The number of hydrogen-bond donors (Lipinski definition) is 0. The molecule has 0 N–H and O–H groups in total. The van der Waals surface area contributed by atoms with E-state index in [9.17, 15) is 0 Å². The Labute approximate surface area is 121 Å². The number of para-hydroxylation sites is 1. The summed E-state index contributed by atoms with van der Waals surface area (Å²) < 4.78 is 3.28. The molecule has 2 aromatic carbocycles. The molecule has 3 nitrogen and oxygen atoms in total. The Morgan fingerprint density at radius 2 is 1.80 bits per heavy atom. The Morgan fingerprint density at radius 3 is 2.55 bits per heavy atom. The third kappa shape index (κ3) is 2.56. The van der Waals surface area contributed by atoms with Crippen LogP contribution in [0.15, 0.2) is 58.7 Å². The molecule has 0 bridgehead atoms. The van der Waals surface area contributed by atoms with E-state index in [1.165, 1.54) is 15.8 Å². The second-order valence-corrected chi connectivity index (χ2v) is 5.68. The smallest absolute Gasteiger partial charge is 0.211 e. The average Bonchev–Trinajstić information content (AvgIpc) is 2.78. The number of benzene rings is 2. The molecule has 20 heavy (non-hydrogen) atoms. The molecule has 3 aromatic rings. The van der Waals surface area contributed by atoms with Crippen LogP contribution in [0.3, 0.4) is 0 Å². The maximum Gasteiger partial charge on any atom is 0.211 e. The molecule has 0 spiro atoms. The summed E-state index contributed by atoms with van der Waals surface area (Å²) in [7, 11) is 2.01. The van der Waals surface area contributed by atoms with Gasteiger partial charge < -0.3 is 4.57 Å². The van der Waals surface area contributed by atoms with Crippen LogP contribution < -0.4 is 4.80 Å². The molecule has 0 saturated heterocycles. The molecule has 3 rings (SSSR count). The third-order valence-corrected chi connectivity index (χ3v) is 4.25. The van der Waals surface area contributed by atoms with Gasteiger partial charge in [0.2, 0.25) is 4.80 Å². The van der Waals surface area contributed by atoms with Crippen LogP contribution in [0.4, 0.5) is 0 Å². The second-order valence-electron chi connectivity index (χ2n) is 4.67. The number of rotatable bonds is 2. The van der Waals surface area contributed by atoms with Crippen molar-refractivity contribution in [2.75, 3.05) is 0 Å². The maximum atomic E-state index is 4.31. The zero-order valence-corrected chi connectivity index (χ0v) is 12.3. The molecule has 1 heterocycles. The van der Waals surface area contributed by atoms with Crippen molar-refractivity contribution in [1.82, 2.24) is 4.57 Å². The zero-order chi connectivity index (χ0) is 13.9. The fraction of sp³-hybridized carbons (Fsp3) is 0.125. The van der Waals surface area contributed by atoms with E-state index >= 15 is 0 Å². The highest BCUT2D eigenvalue weighted by Gasteiger charge is 2.00. The first kappa shape index (κ1) is 12.8. The molecule has 0 saturated carbocycles. The molecule has 4 heteroatoms. The summed E-state index contributed by atoms with van der Waals surface area (Å²) in [5.74, 6) is 0. The van der Waals surface area contributed by atoms with Crippen LogP contribution in [0.5, 0.6) is 0 Å². The number of nitrogens with zero attached hydrogens (tertiary/aromatic N) is 3. The van der Waals surface area contributed by atoms with Crippen LogP contribution in [0, 0.1) is 6.92 Å². The Balaban J connectivity index is 1.94. The van der Waals surface area contributed by atoms with Gasteiger partial charge in [-0.05, 0) is 24.6 Å². The molecule has 0 radical (unpaired) electrons. The van der Waals surface area contributed by atoms with Crippen molar-refractivity contribution in [2.24, 2.45) is 17.3 Å². The van der Waals surface area contributed by atoms with E-state index in [0.717, 1.165) is 10.4 Å². The van der Waals surface area contributed by atoms with Crippen LogP contribution in [-0.4, -0.2) is 10.8 Å². The molecule has 1 aromatic heterocycles. The largest absolute Gasteiger partial charge is 0.318 e. The summed E-state index contributed by atoms with van der Waals surface area (Å²) in [5, 5.41) is 8.50. The van der Waals surface area contributed by atoms with Crippen molar-refractivity contribution >= 4 is 27.8 Å². The monoisotopic (exact) mass is 281 g/mol. The van der Waals surface area contributed by atoms with Gasteiger partial charge in [-0.2, -0.15) is 5.10 Å². The van der Waals surface area contributed by atoms with Crippen molar-refractivity contribution in [1.29, 1.82) is 0 Å². The fourth-order valence-corrected chi connectivity index (χ4v) is 2.95. The molecule has 0 fully saturated rings. The van der Waals surface area contributed by atoms with Gasteiger partial charge in [-0.15, -0.1) is 5.10 Å². The predicted molar refractivity (Wildman–Crippen MR) is 85.1 cm³/mol. The molecule has 0 aliphatic carbocycles.